The minimum absolute atomic E-state index is 0.0523. The van der Waals surface area contributed by atoms with Gasteiger partial charge in [0, 0.05) is 32.5 Å². The third-order valence-corrected chi connectivity index (χ3v) is 3.62. The lowest BCUT2D eigenvalue weighted by molar-refractivity contribution is -0.131. The molecule has 0 saturated carbocycles. The maximum Gasteiger partial charge on any atom is 0.243 e. The Morgan fingerprint density at radius 1 is 1.38 bits per heavy atom. The summed E-state index contributed by atoms with van der Waals surface area (Å²) in [7, 11) is 1.80. The van der Waals surface area contributed by atoms with Crippen LogP contribution < -0.4 is 5.73 Å². The number of hydrogen-bond donors (Lipinski definition) is 1. The van der Waals surface area contributed by atoms with Crippen LogP contribution in [0.25, 0.3) is 0 Å². The van der Waals surface area contributed by atoms with E-state index in [1.165, 1.54) is 0 Å². The van der Waals surface area contributed by atoms with Crippen molar-refractivity contribution < 1.29 is 4.79 Å². The Balaban J connectivity index is 1.84. The van der Waals surface area contributed by atoms with Gasteiger partial charge in [-0.05, 0) is 18.9 Å². The van der Waals surface area contributed by atoms with E-state index in [9.17, 15) is 4.79 Å². The number of rotatable bonds is 6. The highest BCUT2D eigenvalue weighted by Gasteiger charge is 2.19. The first-order valence-electron chi connectivity index (χ1n) is 7.13. The predicted molar refractivity (Wildman–Crippen MR) is 82.6 cm³/mol. The van der Waals surface area contributed by atoms with Crippen LogP contribution in [0.1, 0.15) is 23.9 Å². The Morgan fingerprint density at radius 3 is 2.71 bits per heavy atom. The normalized spacial score (nSPS) is 12.1. The molecule has 2 N–H and O–H groups in total. The van der Waals surface area contributed by atoms with Gasteiger partial charge in [0.15, 0.2) is 0 Å². The van der Waals surface area contributed by atoms with Crippen molar-refractivity contribution in [1.29, 1.82) is 0 Å². The largest absolute Gasteiger partial charge is 0.344 e. The molecule has 21 heavy (non-hydrogen) atoms. The molecule has 0 bridgehead atoms. The first-order valence-corrected chi connectivity index (χ1v) is 7.13. The Labute approximate surface area is 125 Å². The van der Waals surface area contributed by atoms with Gasteiger partial charge in [-0.3, -0.25) is 4.79 Å². The molecule has 0 radical (unpaired) electrons. The highest BCUT2D eigenvalue weighted by molar-refractivity contribution is 5.82. The van der Waals surface area contributed by atoms with Crippen LogP contribution in [0.15, 0.2) is 42.7 Å². The van der Waals surface area contributed by atoms with Crippen LogP contribution in [0.4, 0.5) is 0 Å². The fraction of sp³-hybridized carbons (Fsp3) is 0.375. The zero-order valence-corrected chi connectivity index (χ0v) is 12.6. The molecule has 1 aromatic carbocycles. The van der Waals surface area contributed by atoms with Gasteiger partial charge < -0.3 is 15.2 Å². The number of carbonyl (C=O) groups is 1. The molecule has 1 atom stereocenters. The second kappa shape index (κ2) is 7.04. The minimum Gasteiger partial charge on any atom is -0.344 e. The first-order chi connectivity index (χ1) is 10.1. The molecular formula is C16H22N4O. The zero-order valence-electron chi connectivity index (χ0n) is 12.6. The van der Waals surface area contributed by atoms with Gasteiger partial charge in [-0.25, -0.2) is 4.98 Å². The molecule has 0 aliphatic rings. The minimum atomic E-state index is -0.591. The third-order valence-electron chi connectivity index (χ3n) is 3.62. The van der Waals surface area contributed by atoms with Gasteiger partial charge in [-0.15, -0.1) is 0 Å². The highest BCUT2D eigenvalue weighted by Crippen LogP contribution is 2.12. The number of nitrogens with zero attached hydrogens (tertiary/aromatic N) is 3. The van der Waals surface area contributed by atoms with Crippen molar-refractivity contribution in [2.75, 3.05) is 13.6 Å². The fourth-order valence-corrected chi connectivity index (χ4v) is 2.27. The molecule has 0 aliphatic carbocycles. The van der Waals surface area contributed by atoms with Crippen molar-refractivity contribution in [3.63, 3.8) is 0 Å². The van der Waals surface area contributed by atoms with Gasteiger partial charge in [-0.2, -0.15) is 0 Å². The number of likely N-dealkylation sites (N-methyl/N-ethyl adjacent to an activating group) is 1. The van der Waals surface area contributed by atoms with Crippen LogP contribution in [-0.4, -0.2) is 34.0 Å². The van der Waals surface area contributed by atoms with Crippen molar-refractivity contribution in [3.05, 3.63) is 54.1 Å². The molecule has 1 amide bonds. The molecule has 0 saturated heterocycles. The van der Waals surface area contributed by atoms with Gasteiger partial charge in [0.2, 0.25) is 5.91 Å². The number of nitrogens with two attached hydrogens (primary N) is 1. The molecule has 5 heteroatoms. The number of carbonyl (C=O) groups excluding carboxylic acids is 1. The summed E-state index contributed by atoms with van der Waals surface area (Å²) in [5.41, 5.74) is 6.87. The Hall–Kier alpha value is -2.14. The van der Waals surface area contributed by atoms with Crippen molar-refractivity contribution in [3.8, 4) is 0 Å². The number of benzene rings is 1. The topological polar surface area (TPSA) is 64.2 Å². The van der Waals surface area contributed by atoms with Crippen molar-refractivity contribution in [2.45, 2.75) is 25.9 Å². The molecule has 2 rings (SSSR count). The molecule has 5 nitrogen and oxygen atoms in total. The average Bonchev–Trinajstić information content (AvgIpc) is 2.92. The predicted octanol–water partition coefficient (Wildman–Crippen LogP) is 1.74. The summed E-state index contributed by atoms with van der Waals surface area (Å²) < 4.78 is 2.08. The van der Waals surface area contributed by atoms with E-state index >= 15 is 0 Å². The van der Waals surface area contributed by atoms with E-state index in [-0.39, 0.29) is 5.91 Å². The summed E-state index contributed by atoms with van der Waals surface area (Å²) in [5, 5.41) is 0. The van der Waals surface area contributed by atoms with E-state index in [4.69, 9.17) is 5.73 Å². The molecule has 2 aromatic rings. The van der Waals surface area contributed by atoms with Crippen LogP contribution in [0, 0.1) is 6.92 Å². The fourth-order valence-electron chi connectivity index (χ4n) is 2.27. The monoisotopic (exact) mass is 286 g/mol. The van der Waals surface area contributed by atoms with E-state index < -0.39 is 6.04 Å². The summed E-state index contributed by atoms with van der Waals surface area (Å²) in [6, 6.07) is 8.87. The van der Waals surface area contributed by atoms with Crippen molar-refractivity contribution in [2.24, 2.45) is 5.73 Å². The molecule has 1 heterocycles. The van der Waals surface area contributed by atoms with Crippen LogP contribution in [0.2, 0.25) is 0 Å². The van der Waals surface area contributed by atoms with E-state index in [1.54, 1.807) is 18.1 Å². The van der Waals surface area contributed by atoms with E-state index in [2.05, 4.69) is 9.55 Å². The molecule has 112 valence electrons. The number of aromatic nitrogens is 2. The quantitative estimate of drug-likeness (QED) is 0.879. The average molecular weight is 286 g/mol. The molecular weight excluding hydrogens is 264 g/mol. The SMILES string of the molecule is Cc1nccn1CCCN(C)C(=O)C(N)c1ccccc1. The third kappa shape index (κ3) is 3.92. The maximum absolute atomic E-state index is 12.3. The molecule has 1 aromatic heterocycles. The lowest BCUT2D eigenvalue weighted by atomic mass is 10.1. The van der Waals surface area contributed by atoms with Crippen molar-refractivity contribution >= 4 is 5.91 Å². The zero-order chi connectivity index (χ0) is 15.2. The Bertz CT molecular complexity index is 579. The van der Waals surface area contributed by atoms with E-state index in [0.717, 1.165) is 24.4 Å². The van der Waals surface area contributed by atoms with Gasteiger partial charge in [-0.1, -0.05) is 30.3 Å². The van der Waals surface area contributed by atoms with Gasteiger partial charge in [0.25, 0.3) is 0 Å². The second-order valence-corrected chi connectivity index (χ2v) is 5.17. The Kier molecular flexibility index (Phi) is 5.11. The summed E-state index contributed by atoms with van der Waals surface area (Å²) in [6.07, 6.45) is 4.61. The Morgan fingerprint density at radius 2 is 2.10 bits per heavy atom. The molecule has 0 fully saturated rings. The second-order valence-electron chi connectivity index (χ2n) is 5.17. The van der Waals surface area contributed by atoms with E-state index in [0.29, 0.717) is 6.54 Å². The number of amides is 1. The standard InChI is InChI=1S/C16H22N4O/c1-13-18-9-12-20(13)11-6-10-19(2)16(21)15(17)14-7-4-3-5-8-14/h3-5,7-9,12,15H,6,10-11,17H2,1-2H3. The van der Waals surface area contributed by atoms with Crippen LogP contribution >= 0.6 is 0 Å². The summed E-state index contributed by atoms with van der Waals surface area (Å²) in [6.45, 7) is 3.50. The van der Waals surface area contributed by atoms with E-state index in [1.807, 2.05) is 43.5 Å². The number of aryl methyl sites for hydroxylation is 2. The summed E-state index contributed by atoms with van der Waals surface area (Å²) in [5.74, 6) is 0.938. The maximum atomic E-state index is 12.3. The van der Waals surface area contributed by atoms with Gasteiger partial charge in [0.1, 0.15) is 11.9 Å². The smallest absolute Gasteiger partial charge is 0.243 e. The van der Waals surface area contributed by atoms with Crippen LogP contribution in [0.5, 0.6) is 0 Å². The number of imidazole rings is 1. The first kappa shape index (κ1) is 15.3. The van der Waals surface area contributed by atoms with Gasteiger partial charge >= 0.3 is 0 Å². The van der Waals surface area contributed by atoms with Crippen molar-refractivity contribution in [1.82, 2.24) is 14.5 Å². The summed E-state index contributed by atoms with van der Waals surface area (Å²) in [4.78, 5) is 18.2. The lowest BCUT2D eigenvalue weighted by Crippen LogP contribution is -2.36. The summed E-state index contributed by atoms with van der Waals surface area (Å²) >= 11 is 0. The number of hydrogen-bond acceptors (Lipinski definition) is 3. The lowest BCUT2D eigenvalue weighted by Gasteiger charge is -2.21. The van der Waals surface area contributed by atoms with Crippen LogP contribution in [-0.2, 0) is 11.3 Å². The van der Waals surface area contributed by atoms with Crippen LogP contribution in [0.3, 0.4) is 0 Å². The highest BCUT2D eigenvalue weighted by atomic mass is 16.2. The molecule has 0 spiro atoms. The molecule has 0 aliphatic heterocycles. The van der Waals surface area contributed by atoms with Gasteiger partial charge in [0.05, 0.1) is 0 Å². The molecule has 1 unspecified atom stereocenters.